The summed E-state index contributed by atoms with van der Waals surface area (Å²) in [5.74, 6) is -1.71. The van der Waals surface area contributed by atoms with Crippen LogP contribution in [0.5, 0.6) is 0 Å². The Labute approximate surface area is 93.9 Å². The highest BCUT2D eigenvalue weighted by Crippen LogP contribution is 2.24. The van der Waals surface area contributed by atoms with Gasteiger partial charge in [0.15, 0.2) is 0 Å². The third-order valence-corrected chi connectivity index (χ3v) is 2.34. The lowest BCUT2D eigenvalue weighted by Crippen LogP contribution is -2.25. The molecule has 0 aliphatic rings. The van der Waals surface area contributed by atoms with Crippen molar-refractivity contribution in [2.45, 2.75) is 6.92 Å². The Morgan fingerprint density at radius 1 is 1.00 bits per heavy atom. The van der Waals surface area contributed by atoms with E-state index in [4.69, 9.17) is 0 Å². The smallest absolute Gasteiger partial charge is 0.311 e. The molecule has 0 atom stereocenters. The van der Waals surface area contributed by atoms with Gasteiger partial charge in [0, 0.05) is 5.69 Å². The Kier molecular flexibility index (Phi) is 2.63. The van der Waals surface area contributed by atoms with E-state index in [1.165, 1.54) is 13.0 Å². The molecule has 6 heteroatoms. The minimum atomic E-state index is -0.856. The molecule has 0 aliphatic heterocycles. The molecule has 88 valence electrons. The number of rotatable bonds is 1. The number of halogens is 2. The quantitative estimate of drug-likeness (QED) is 0.786. The fourth-order valence-corrected chi connectivity index (χ4v) is 1.64. The number of aromatic nitrogens is 2. The van der Waals surface area contributed by atoms with E-state index >= 15 is 0 Å². The van der Waals surface area contributed by atoms with Gasteiger partial charge in [-0.15, -0.1) is 0 Å². The lowest BCUT2D eigenvalue weighted by molar-refractivity contribution is 0.588. The zero-order valence-electron chi connectivity index (χ0n) is 8.80. The average Bonchev–Trinajstić information content (AvgIpc) is 2.21. The van der Waals surface area contributed by atoms with Crippen LogP contribution >= 0.6 is 0 Å². The second-order valence-corrected chi connectivity index (χ2v) is 3.50. The summed E-state index contributed by atoms with van der Waals surface area (Å²) in [6.45, 7) is 1.40. The number of aryl methyl sites for hydroxylation is 1. The Bertz CT molecular complexity index is 668. The van der Waals surface area contributed by atoms with Crippen molar-refractivity contribution in [3.63, 3.8) is 0 Å². The van der Waals surface area contributed by atoms with Crippen LogP contribution in [0, 0.1) is 18.6 Å². The number of hydrogen-bond donors (Lipinski definition) is 2. The summed E-state index contributed by atoms with van der Waals surface area (Å²) in [6, 6.07) is 3.29. The Morgan fingerprint density at radius 3 is 2.12 bits per heavy atom. The number of hydrogen-bond acceptors (Lipinski definition) is 2. The van der Waals surface area contributed by atoms with E-state index in [-0.39, 0.29) is 11.3 Å². The minimum absolute atomic E-state index is 0.114. The summed E-state index contributed by atoms with van der Waals surface area (Å²) in [4.78, 5) is 26.7. The van der Waals surface area contributed by atoms with Crippen LogP contribution in [0.25, 0.3) is 11.1 Å². The fraction of sp³-hybridized carbons (Fsp3) is 0.0909. The van der Waals surface area contributed by atoms with Gasteiger partial charge in [-0.3, -0.25) is 9.78 Å². The van der Waals surface area contributed by atoms with Gasteiger partial charge in [-0.1, -0.05) is 6.07 Å². The molecule has 0 spiro atoms. The van der Waals surface area contributed by atoms with E-state index < -0.39 is 28.4 Å². The van der Waals surface area contributed by atoms with E-state index in [0.717, 1.165) is 12.1 Å². The molecule has 0 fully saturated rings. The second kappa shape index (κ2) is 3.97. The molecule has 0 aliphatic carbocycles. The van der Waals surface area contributed by atoms with Crippen LogP contribution in [0.2, 0.25) is 0 Å². The van der Waals surface area contributed by atoms with E-state index in [9.17, 15) is 18.4 Å². The highest BCUT2D eigenvalue weighted by Gasteiger charge is 2.17. The first-order valence-electron chi connectivity index (χ1n) is 4.78. The molecular formula is C11H8F2N2O2. The fourth-order valence-electron chi connectivity index (χ4n) is 1.64. The number of aromatic amines is 2. The summed E-state index contributed by atoms with van der Waals surface area (Å²) in [7, 11) is 0. The Hall–Kier alpha value is -2.24. The molecule has 17 heavy (non-hydrogen) atoms. The Balaban J connectivity index is 2.87. The summed E-state index contributed by atoms with van der Waals surface area (Å²) >= 11 is 0. The van der Waals surface area contributed by atoms with E-state index in [1.807, 2.05) is 4.98 Å². The first kappa shape index (κ1) is 11.3. The molecule has 0 radical (unpaired) electrons. The maximum Gasteiger partial charge on any atom is 0.325 e. The van der Waals surface area contributed by atoms with Crippen molar-refractivity contribution in [1.82, 2.24) is 9.97 Å². The molecule has 0 saturated carbocycles. The molecule has 1 heterocycles. The number of benzene rings is 1. The predicted octanol–water partition coefficient (Wildman–Crippen LogP) is 1.32. The molecule has 2 rings (SSSR count). The van der Waals surface area contributed by atoms with Gasteiger partial charge in [0.25, 0.3) is 5.56 Å². The highest BCUT2D eigenvalue weighted by atomic mass is 19.1. The van der Waals surface area contributed by atoms with Crippen LogP contribution in [0.3, 0.4) is 0 Å². The lowest BCUT2D eigenvalue weighted by Gasteiger charge is -2.06. The third-order valence-electron chi connectivity index (χ3n) is 2.34. The predicted molar refractivity (Wildman–Crippen MR) is 57.8 cm³/mol. The molecule has 0 amide bonds. The zero-order valence-corrected chi connectivity index (χ0v) is 8.80. The van der Waals surface area contributed by atoms with Crippen LogP contribution < -0.4 is 11.2 Å². The molecule has 0 bridgehead atoms. The van der Waals surface area contributed by atoms with E-state index in [0.29, 0.717) is 0 Å². The maximum absolute atomic E-state index is 13.5. The first-order valence-corrected chi connectivity index (χ1v) is 4.78. The largest absolute Gasteiger partial charge is 0.325 e. The topological polar surface area (TPSA) is 65.7 Å². The molecule has 2 N–H and O–H groups in total. The number of nitrogens with one attached hydrogen (secondary N) is 2. The van der Waals surface area contributed by atoms with E-state index in [1.54, 1.807) is 0 Å². The molecule has 2 aromatic rings. The normalized spacial score (nSPS) is 10.5. The van der Waals surface area contributed by atoms with Gasteiger partial charge in [0.1, 0.15) is 11.6 Å². The lowest BCUT2D eigenvalue weighted by atomic mass is 10.0. The molecule has 4 nitrogen and oxygen atoms in total. The third kappa shape index (κ3) is 1.89. The summed E-state index contributed by atoms with van der Waals surface area (Å²) in [6.07, 6.45) is 0. The highest BCUT2D eigenvalue weighted by molar-refractivity contribution is 5.65. The van der Waals surface area contributed by atoms with Crippen molar-refractivity contribution in [1.29, 1.82) is 0 Å². The summed E-state index contributed by atoms with van der Waals surface area (Å²) in [5.41, 5.74) is -2.08. The molecule has 0 saturated heterocycles. The van der Waals surface area contributed by atoms with Crippen LogP contribution in [-0.2, 0) is 0 Å². The Morgan fingerprint density at radius 2 is 1.59 bits per heavy atom. The minimum Gasteiger partial charge on any atom is -0.311 e. The van der Waals surface area contributed by atoms with Crippen LogP contribution in [-0.4, -0.2) is 9.97 Å². The van der Waals surface area contributed by atoms with Crippen molar-refractivity contribution < 1.29 is 8.78 Å². The van der Waals surface area contributed by atoms with Crippen LogP contribution in [0.15, 0.2) is 27.8 Å². The summed E-state index contributed by atoms with van der Waals surface area (Å²) < 4.78 is 27.0. The molecule has 1 aromatic heterocycles. The van der Waals surface area contributed by atoms with Crippen LogP contribution in [0.1, 0.15) is 5.69 Å². The standard InChI is InChI=1S/C11H8F2N2O2/c1-5-8(10(16)15-11(17)14-5)9-6(12)3-2-4-7(9)13/h2-4H,1H3,(H2,14,15,16,17). The van der Waals surface area contributed by atoms with Crippen molar-refractivity contribution in [2.75, 3.05) is 0 Å². The SMILES string of the molecule is Cc1[nH]c(=O)[nH]c(=O)c1-c1c(F)cccc1F. The van der Waals surface area contributed by atoms with Crippen molar-refractivity contribution in [2.24, 2.45) is 0 Å². The monoisotopic (exact) mass is 238 g/mol. The maximum atomic E-state index is 13.5. The number of H-pyrrole nitrogens is 2. The van der Waals surface area contributed by atoms with Gasteiger partial charge in [-0.2, -0.15) is 0 Å². The van der Waals surface area contributed by atoms with Crippen LogP contribution in [0.4, 0.5) is 8.78 Å². The van der Waals surface area contributed by atoms with E-state index in [2.05, 4.69) is 4.98 Å². The molecular weight excluding hydrogens is 230 g/mol. The molecule has 0 unspecified atom stereocenters. The first-order chi connectivity index (χ1) is 8.00. The van der Waals surface area contributed by atoms with Gasteiger partial charge in [-0.05, 0) is 19.1 Å². The van der Waals surface area contributed by atoms with Gasteiger partial charge in [0.2, 0.25) is 0 Å². The van der Waals surface area contributed by atoms with Gasteiger partial charge >= 0.3 is 5.69 Å². The van der Waals surface area contributed by atoms with Crippen molar-refractivity contribution in [3.8, 4) is 11.1 Å². The van der Waals surface area contributed by atoms with Gasteiger partial charge < -0.3 is 4.98 Å². The second-order valence-electron chi connectivity index (χ2n) is 3.50. The zero-order chi connectivity index (χ0) is 12.6. The van der Waals surface area contributed by atoms with Crippen molar-refractivity contribution in [3.05, 3.63) is 56.4 Å². The van der Waals surface area contributed by atoms with Crippen molar-refractivity contribution >= 4 is 0 Å². The van der Waals surface area contributed by atoms with Gasteiger partial charge in [-0.25, -0.2) is 13.6 Å². The van der Waals surface area contributed by atoms with Gasteiger partial charge in [0.05, 0.1) is 11.1 Å². The average molecular weight is 238 g/mol. The molecule has 1 aromatic carbocycles. The summed E-state index contributed by atoms with van der Waals surface area (Å²) in [5, 5.41) is 0.